The third kappa shape index (κ3) is 2.64. The van der Waals surface area contributed by atoms with Crippen molar-refractivity contribution >= 4 is 49.1 Å². The number of fused-ring (bicyclic) bond motifs is 9. The highest BCUT2D eigenvalue weighted by molar-refractivity contribution is 6.31. The third-order valence-electron chi connectivity index (χ3n) is 7.15. The first kappa shape index (κ1) is 19.4. The SMILES string of the molecule is c1cc(-c2cn3ccccc3n2)cc(-n2c3ccccc3c3c4ccccc4c4ncccc4c32)c1. The second-order valence-corrected chi connectivity index (χ2v) is 9.16. The molecule has 4 nitrogen and oxygen atoms in total. The summed E-state index contributed by atoms with van der Waals surface area (Å²) in [5, 5.41) is 6.07. The van der Waals surface area contributed by atoms with Gasteiger partial charge in [0.05, 0.1) is 22.2 Å². The van der Waals surface area contributed by atoms with Crippen molar-refractivity contribution in [3.8, 4) is 16.9 Å². The number of aromatic nitrogens is 4. The lowest BCUT2D eigenvalue weighted by atomic mass is 10.00. The number of para-hydroxylation sites is 1. The summed E-state index contributed by atoms with van der Waals surface area (Å²) in [5.41, 5.74) is 7.49. The summed E-state index contributed by atoms with van der Waals surface area (Å²) in [5.74, 6) is 0. The van der Waals surface area contributed by atoms with Gasteiger partial charge in [0.15, 0.2) is 0 Å². The molecule has 36 heavy (non-hydrogen) atoms. The molecule has 4 aromatic heterocycles. The van der Waals surface area contributed by atoms with E-state index in [4.69, 9.17) is 9.97 Å². The van der Waals surface area contributed by atoms with Gasteiger partial charge in [0, 0.05) is 51.4 Å². The first-order valence-electron chi connectivity index (χ1n) is 12.1. The summed E-state index contributed by atoms with van der Waals surface area (Å²) in [6.07, 6.45) is 6.01. The van der Waals surface area contributed by atoms with Crippen molar-refractivity contribution in [2.24, 2.45) is 0 Å². The van der Waals surface area contributed by atoms with Crippen molar-refractivity contribution in [1.82, 2.24) is 18.9 Å². The van der Waals surface area contributed by atoms with Crippen molar-refractivity contribution in [3.63, 3.8) is 0 Å². The van der Waals surface area contributed by atoms with Crippen LogP contribution in [0.5, 0.6) is 0 Å². The molecule has 0 radical (unpaired) electrons. The summed E-state index contributed by atoms with van der Waals surface area (Å²) in [6, 6.07) is 36.3. The number of imidazole rings is 1. The molecule has 0 bridgehead atoms. The van der Waals surface area contributed by atoms with Gasteiger partial charge in [0.2, 0.25) is 0 Å². The number of benzene rings is 4. The standard InChI is InChI=1S/C32H20N4/c1-2-12-24-23(11-1)30-25-13-3-4-15-28(25)36(32(30)26-14-8-17-33-31(24)26)22-10-7-9-21(19-22)27-20-35-18-6-5-16-29(35)34-27/h1-20H. The van der Waals surface area contributed by atoms with Crippen LogP contribution in [0.1, 0.15) is 0 Å². The monoisotopic (exact) mass is 460 g/mol. The Morgan fingerprint density at radius 3 is 2.36 bits per heavy atom. The molecule has 8 rings (SSSR count). The molecule has 168 valence electrons. The quantitative estimate of drug-likeness (QED) is 0.247. The summed E-state index contributed by atoms with van der Waals surface area (Å²) < 4.78 is 4.45. The molecule has 0 amide bonds. The second-order valence-electron chi connectivity index (χ2n) is 9.16. The lowest BCUT2D eigenvalue weighted by molar-refractivity contribution is 1.18. The Morgan fingerprint density at radius 1 is 0.639 bits per heavy atom. The molecule has 0 fully saturated rings. The molecule has 4 heteroatoms. The smallest absolute Gasteiger partial charge is 0.137 e. The molecule has 0 aliphatic carbocycles. The normalized spacial score (nSPS) is 11.9. The Kier molecular flexibility index (Phi) is 3.91. The summed E-state index contributed by atoms with van der Waals surface area (Å²) in [4.78, 5) is 9.69. The molecule has 4 aromatic carbocycles. The average molecular weight is 461 g/mol. The maximum Gasteiger partial charge on any atom is 0.137 e. The molecule has 0 atom stereocenters. The van der Waals surface area contributed by atoms with Crippen LogP contribution >= 0.6 is 0 Å². The van der Waals surface area contributed by atoms with E-state index in [9.17, 15) is 0 Å². The van der Waals surface area contributed by atoms with E-state index < -0.39 is 0 Å². The summed E-state index contributed by atoms with van der Waals surface area (Å²) in [7, 11) is 0. The van der Waals surface area contributed by atoms with Crippen molar-refractivity contribution in [2.75, 3.05) is 0 Å². The van der Waals surface area contributed by atoms with Gasteiger partial charge in [-0.3, -0.25) is 4.98 Å². The number of rotatable bonds is 2. The molecule has 0 unspecified atom stereocenters. The Morgan fingerprint density at radius 2 is 1.44 bits per heavy atom. The lowest BCUT2D eigenvalue weighted by Crippen LogP contribution is -1.96. The van der Waals surface area contributed by atoms with Crippen LogP contribution in [0.2, 0.25) is 0 Å². The van der Waals surface area contributed by atoms with E-state index in [2.05, 4.69) is 94.0 Å². The number of hydrogen-bond donors (Lipinski definition) is 0. The van der Waals surface area contributed by atoms with Crippen LogP contribution in [0.3, 0.4) is 0 Å². The van der Waals surface area contributed by atoms with E-state index in [1.807, 2.05) is 36.7 Å². The zero-order chi connectivity index (χ0) is 23.6. The Hall–Kier alpha value is -4.96. The van der Waals surface area contributed by atoms with Gasteiger partial charge in [-0.1, -0.05) is 60.7 Å². The van der Waals surface area contributed by atoms with Gasteiger partial charge in [-0.15, -0.1) is 0 Å². The van der Waals surface area contributed by atoms with Crippen LogP contribution in [0.15, 0.2) is 122 Å². The molecule has 0 aliphatic heterocycles. The van der Waals surface area contributed by atoms with Gasteiger partial charge in [-0.25, -0.2) is 4.98 Å². The molecular weight excluding hydrogens is 440 g/mol. The van der Waals surface area contributed by atoms with Gasteiger partial charge < -0.3 is 8.97 Å². The minimum atomic E-state index is 0.943. The van der Waals surface area contributed by atoms with Gasteiger partial charge >= 0.3 is 0 Å². The predicted octanol–water partition coefficient (Wildman–Crippen LogP) is 7.80. The Bertz CT molecular complexity index is 2080. The van der Waals surface area contributed by atoms with E-state index in [1.54, 1.807) is 0 Å². The largest absolute Gasteiger partial charge is 0.309 e. The molecule has 0 saturated heterocycles. The van der Waals surface area contributed by atoms with Crippen LogP contribution < -0.4 is 0 Å². The van der Waals surface area contributed by atoms with Gasteiger partial charge in [0.25, 0.3) is 0 Å². The lowest BCUT2D eigenvalue weighted by Gasteiger charge is -2.12. The number of nitrogens with zero attached hydrogens (tertiary/aromatic N) is 4. The number of hydrogen-bond acceptors (Lipinski definition) is 2. The highest BCUT2D eigenvalue weighted by atomic mass is 15.0. The van der Waals surface area contributed by atoms with Crippen LogP contribution in [-0.2, 0) is 0 Å². The van der Waals surface area contributed by atoms with Gasteiger partial charge in [-0.2, -0.15) is 0 Å². The predicted molar refractivity (Wildman–Crippen MR) is 148 cm³/mol. The van der Waals surface area contributed by atoms with Crippen molar-refractivity contribution < 1.29 is 0 Å². The molecular formula is C32H20N4. The van der Waals surface area contributed by atoms with Crippen molar-refractivity contribution in [1.29, 1.82) is 0 Å². The van der Waals surface area contributed by atoms with Crippen molar-refractivity contribution in [3.05, 3.63) is 122 Å². The molecule has 4 heterocycles. The molecule has 0 N–H and O–H groups in total. The molecule has 8 aromatic rings. The van der Waals surface area contributed by atoms with E-state index in [0.717, 1.165) is 33.5 Å². The minimum absolute atomic E-state index is 0.943. The maximum atomic E-state index is 4.86. The van der Waals surface area contributed by atoms with E-state index in [1.165, 1.54) is 32.6 Å². The van der Waals surface area contributed by atoms with Crippen molar-refractivity contribution in [2.45, 2.75) is 0 Å². The fraction of sp³-hybridized carbons (Fsp3) is 0. The summed E-state index contributed by atoms with van der Waals surface area (Å²) >= 11 is 0. The fourth-order valence-corrected chi connectivity index (χ4v) is 5.63. The molecule has 0 aliphatic rings. The highest BCUT2D eigenvalue weighted by Crippen LogP contribution is 2.41. The zero-order valence-electron chi connectivity index (χ0n) is 19.3. The Labute approximate surface area is 206 Å². The zero-order valence-corrected chi connectivity index (χ0v) is 19.3. The van der Waals surface area contributed by atoms with Gasteiger partial charge in [-0.05, 0) is 47.9 Å². The van der Waals surface area contributed by atoms with E-state index in [-0.39, 0.29) is 0 Å². The van der Waals surface area contributed by atoms with E-state index in [0.29, 0.717) is 0 Å². The van der Waals surface area contributed by atoms with Gasteiger partial charge in [0.1, 0.15) is 5.65 Å². The van der Waals surface area contributed by atoms with Crippen LogP contribution in [-0.4, -0.2) is 18.9 Å². The average Bonchev–Trinajstić information content (AvgIpc) is 3.53. The van der Waals surface area contributed by atoms with Crippen LogP contribution in [0.25, 0.3) is 66.1 Å². The minimum Gasteiger partial charge on any atom is -0.309 e. The molecule has 0 saturated carbocycles. The fourth-order valence-electron chi connectivity index (χ4n) is 5.63. The highest BCUT2D eigenvalue weighted by Gasteiger charge is 2.19. The number of pyridine rings is 2. The first-order valence-corrected chi connectivity index (χ1v) is 12.1. The Balaban J connectivity index is 1.51. The summed E-state index contributed by atoms with van der Waals surface area (Å²) in [6.45, 7) is 0. The van der Waals surface area contributed by atoms with E-state index >= 15 is 0 Å². The third-order valence-corrected chi connectivity index (χ3v) is 7.15. The molecule has 0 spiro atoms. The van der Waals surface area contributed by atoms with Crippen LogP contribution in [0.4, 0.5) is 0 Å². The first-order chi connectivity index (χ1) is 17.9. The van der Waals surface area contributed by atoms with Crippen LogP contribution in [0, 0.1) is 0 Å². The maximum absolute atomic E-state index is 4.86. The topological polar surface area (TPSA) is 35.1 Å². The second kappa shape index (κ2) is 7.27.